The SMILES string of the molecule is NCCC[Si](CCC(F)(F)C(F)(F)C(F)(F)C(F)(F)C(F)(F)C(F)(F)F)(CCC(F)(F)C(F)(F)C(F)(F)C(F)(F)C(F)(F)C(F)(F)F)CCC(F)(F)C(F)(F)C(F)(F)C(F)(F)C(F)(F)C(F)(F)F. The van der Waals surface area contributed by atoms with Gasteiger partial charge in [0.2, 0.25) is 0 Å². The van der Waals surface area contributed by atoms with Crippen molar-refractivity contribution in [2.75, 3.05) is 6.54 Å². The fourth-order valence-corrected chi connectivity index (χ4v) is 10.4. The fraction of sp³-hybridized carbons (Fsp3) is 1.00. The molecule has 2 N–H and O–H groups in total. The van der Waals surface area contributed by atoms with Crippen LogP contribution in [0.5, 0.6) is 0 Å². The van der Waals surface area contributed by atoms with Crippen LogP contribution in [0.15, 0.2) is 0 Å². The molecule has 0 bridgehead atoms. The van der Waals surface area contributed by atoms with Crippen molar-refractivity contribution in [1.29, 1.82) is 0 Å². The summed E-state index contributed by atoms with van der Waals surface area (Å²) in [5.41, 5.74) is 4.81. The van der Waals surface area contributed by atoms with Gasteiger partial charge in [-0.2, -0.15) is 171 Å². The van der Waals surface area contributed by atoms with Gasteiger partial charge in [0.15, 0.2) is 0 Å². The van der Waals surface area contributed by atoms with Crippen LogP contribution < -0.4 is 5.73 Å². The van der Waals surface area contributed by atoms with Crippen molar-refractivity contribution in [3.05, 3.63) is 0 Å². The molecular formula is C27H20F39NSi. The van der Waals surface area contributed by atoms with E-state index in [2.05, 4.69) is 0 Å². The van der Waals surface area contributed by atoms with Gasteiger partial charge in [-0.1, -0.05) is 24.2 Å². The van der Waals surface area contributed by atoms with Crippen LogP contribution in [0.3, 0.4) is 0 Å². The number of nitrogens with two attached hydrogens (primary N) is 1. The highest BCUT2D eigenvalue weighted by atomic mass is 28.3. The Morgan fingerprint density at radius 1 is 0.221 bits per heavy atom. The number of halogens is 39. The predicted octanol–water partition coefficient (Wildman–Crippen LogP) is 15.2. The average molecular weight is 1130 g/mol. The van der Waals surface area contributed by atoms with Gasteiger partial charge in [0.25, 0.3) is 0 Å². The number of alkyl halides is 39. The molecule has 0 saturated carbocycles. The smallest absolute Gasteiger partial charge is 0.330 e. The highest BCUT2D eigenvalue weighted by molar-refractivity contribution is 6.79. The van der Waals surface area contributed by atoms with Gasteiger partial charge >= 0.3 is 107 Å². The van der Waals surface area contributed by atoms with Gasteiger partial charge < -0.3 is 5.73 Å². The number of hydrogen-bond acceptors (Lipinski definition) is 1. The molecule has 0 radical (unpaired) electrons. The molecule has 0 aliphatic rings. The molecule has 0 heterocycles. The van der Waals surface area contributed by atoms with Gasteiger partial charge in [0, 0.05) is 19.3 Å². The van der Waals surface area contributed by atoms with E-state index in [-0.39, 0.29) is 0 Å². The summed E-state index contributed by atoms with van der Waals surface area (Å²) < 4.78 is 533. The summed E-state index contributed by atoms with van der Waals surface area (Å²) in [4.78, 5) is 0. The molecule has 0 atom stereocenters. The van der Waals surface area contributed by atoms with E-state index in [0.717, 1.165) is 0 Å². The molecule has 0 amide bonds. The van der Waals surface area contributed by atoms with Crippen LogP contribution in [0, 0.1) is 0 Å². The van der Waals surface area contributed by atoms with E-state index in [4.69, 9.17) is 5.73 Å². The molecule has 41 heteroatoms. The van der Waals surface area contributed by atoms with Crippen LogP contribution in [0.4, 0.5) is 171 Å². The Morgan fingerprint density at radius 2 is 0.382 bits per heavy atom. The summed E-state index contributed by atoms with van der Waals surface area (Å²) in [5.74, 6) is -127. The second-order valence-electron chi connectivity index (χ2n) is 14.4. The zero-order valence-electron chi connectivity index (χ0n) is 31.2. The molecule has 0 rings (SSSR count). The normalized spacial score (nSPS) is 16.8. The lowest BCUT2D eigenvalue weighted by atomic mass is 9.93. The maximum Gasteiger partial charge on any atom is 0.460 e. The highest BCUT2D eigenvalue weighted by Gasteiger charge is 2.93. The molecule has 0 spiro atoms. The van der Waals surface area contributed by atoms with Crippen LogP contribution >= 0.6 is 0 Å². The first-order valence-electron chi connectivity index (χ1n) is 16.5. The largest absolute Gasteiger partial charge is 0.460 e. The lowest BCUT2D eigenvalue weighted by Crippen LogP contribution is -2.70. The van der Waals surface area contributed by atoms with Crippen molar-refractivity contribution in [3.63, 3.8) is 0 Å². The van der Waals surface area contributed by atoms with Crippen molar-refractivity contribution in [1.82, 2.24) is 0 Å². The maximum absolute atomic E-state index is 14.8. The summed E-state index contributed by atoms with van der Waals surface area (Å²) in [7, 11) is -6.70. The Hall–Kier alpha value is -2.55. The summed E-state index contributed by atoms with van der Waals surface area (Å²) in [5, 5.41) is 0. The average Bonchev–Trinajstić information content (AvgIpc) is 3.11. The topological polar surface area (TPSA) is 26.0 Å². The van der Waals surface area contributed by atoms with E-state index in [1.807, 2.05) is 0 Å². The number of rotatable bonds is 24. The first-order chi connectivity index (χ1) is 28.9. The Kier molecular flexibility index (Phi) is 17.2. The second-order valence-corrected chi connectivity index (χ2v) is 19.4. The van der Waals surface area contributed by atoms with Crippen molar-refractivity contribution < 1.29 is 171 Å². The molecule has 0 unspecified atom stereocenters. The van der Waals surface area contributed by atoms with Crippen LogP contribution in [0.25, 0.3) is 0 Å². The van der Waals surface area contributed by atoms with E-state index in [0.29, 0.717) is 0 Å². The molecule has 0 aliphatic heterocycles. The molecule has 0 aromatic carbocycles. The predicted molar refractivity (Wildman–Crippen MR) is 145 cm³/mol. The van der Waals surface area contributed by atoms with Crippen molar-refractivity contribution in [2.24, 2.45) is 5.73 Å². The Bertz CT molecular complexity index is 1510. The summed E-state index contributed by atoms with van der Waals surface area (Å²) in [6.45, 7) is -1.44. The Balaban J connectivity index is 8.11. The lowest BCUT2D eigenvalue weighted by molar-refractivity contribution is -0.440. The molecule has 1 nitrogen and oxygen atoms in total. The van der Waals surface area contributed by atoms with Crippen LogP contribution in [-0.2, 0) is 0 Å². The van der Waals surface area contributed by atoms with E-state index < -0.39 is 172 Å². The van der Waals surface area contributed by atoms with E-state index in [1.54, 1.807) is 0 Å². The minimum atomic E-state index is -8.85. The second kappa shape index (κ2) is 17.9. The first-order valence-corrected chi connectivity index (χ1v) is 19.3. The van der Waals surface area contributed by atoms with Gasteiger partial charge in [0.1, 0.15) is 0 Å². The third-order valence-electron chi connectivity index (χ3n) is 9.81. The van der Waals surface area contributed by atoms with Gasteiger partial charge in [0.05, 0.1) is 8.07 Å². The highest BCUT2D eigenvalue weighted by Crippen LogP contribution is 2.65. The van der Waals surface area contributed by atoms with Crippen molar-refractivity contribution in [3.8, 4) is 0 Å². The molecule has 410 valence electrons. The van der Waals surface area contributed by atoms with Crippen molar-refractivity contribution in [2.45, 2.75) is 157 Å². The minimum Gasteiger partial charge on any atom is -0.330 e. The molecule has 0 aliphatic carbocycles. The quantitative estimate of drug-likeness (QED) is 0.0757. The third kappa shape index (κ3) is 9.86. The summed E-state index contributed by atoms with van der Waals surface area (Å²) >= 11 is 0. The zero-order valence-corrected chi connectivity index (χ0v) is 32.2. The standard InChI is InChI=1S/C27H20F39NSi/c28-10(29,13(34,35)16(40,41)19(46,47)22(52,53)25(58,59)60)2-7-68(6-1-5-67,8-3-11(30,31)14(36,37)17(42,43)20(48,49)23(54,55)26(61,62)63)9-4-12(32,33)15(38,39)18(44,45)21(50,51)24(56,57)27(64,65)66/h1-9,67H2. The molecule has 0 fully saturated rings. The van der Waals surface area contributed by atoms with Crippen molar-refractivity contribution >= 4 is 8.07 Å². The number of hydrogen-bond donors (Lipinski definition) is 1. The fourth-order valence-electron chi connectivity index (χ4n) is 5.37. The molecule has 68 heavy (non-hydrogen) atoms. The van der Waals surface area contributed by atoms with Gasteiger partial charge in [-0.15, -0.1) is 0 Å². The minimum absolute atomic E-state index is 1.44. The van der Waals surface area contributed by atoms with E-state index in [1.165, 1.54) is 0 Å². The lowest BCUT2D eigenvalue weighted by Gasteiger charge is -2.43. The van der Waals surface area contributed by atoms with Gasteiger partial charge in [-0.3, -0.25) is 0 Å². The van der Waals surface area contributed by atoms with Crippen LogP contribution in [0.1, 0.15) is 25.7 Å². The molecule has 0 saturated heterocycles. The maximum atomic E-state index is 14.8. The van der Waals surface area contributed by atoms with Gasteiger partial charge in [-0.05, 0) is 13.0 Å². The van der Waals surface area contributed by atoms with Gasteiger partial charge in [-0.25, -0.2) is 0 Å². The Labute approximate surface area is 349 Å². The molecule has 0 aromatic rings. The Morgan fingerprint density at radius 3 is 0.529 bits per heavy atom. The van der Waals surface area contributed by atoms with Crippen LogP contribution in [0.2, 0.25) is 24.2 Å². The monoisotopic (exact) mass is 1130 g/mol. The first kappa shape index (κ1) is 65.4. The van der Waals surface area contributed by atoms with E-state index in [9.17, 15) is 171 Å². The zero-order chi connectivity index (χ0) is 55.9. The third-order valence-corrected chi connectivity index (χ3v) is 15.2. The summed E-state index contributed by atoms with van der Waals surface area (Å²) in [6.07, 6.45) is -38.0. The molecule has 0 aromatic heterocycles. The summed E-state index contributed by atoms with van der Waals surface area (Å²) in [6, 6.07) is -11.8. The van der Waals surface area contributed by atoms with E-state index >= 15 is 0 Å². The molecular weight excluding hydrogens is 1110 g/mol. The van der Waals surface area contributed by atoms with Crippen LogP contribution in [-0.4, -0.2) is 122 Å².